The number of halogens is 1. The molecule has 28 heavy (non-hydrogen) atoms. The van der Waals surface area contributed by atoms with Crippen LogP contribution in [-0.2, 0) is 0 Å². The van der Waals surface area contributed by atoms with Crippen molar-refractivity contribution in [2.75, 3.05) is 0 Å². The molecule has 4 rings (SSSR count). The first-order chi connectivity index (χ1) is 13.7. The van der Waals surface area contributed by atoms with Crippen molar-refractivity contribution in [2.24, 2.45) is 0 Å². The lowest BCUT2D eigenvalue weighted by Crippen LogP contribution is -2.29. The predicted octanol–water partition coefficient (Wildman–Crippen LogP) is 4.91. The Morgan fingerprint density at radius 1 is 0.857 bits per heavy atom. The maximum Gasteiger partial charge on any atom is 0.252 e. The Kier molecular flexibility index (Phi) is 5.17. The zero-order valence-electron chi connectivity index (χ0n) is 14.7. The Balaban J connectivity index is 1.68. The summed E-state index contributed by atoms with van der Waals surface area (Å²) in [5.41, 5.74) is 2.15. The fourth-order valence-corrected chi connectivity index (χ4v) is 2.92. The number of nitrogens with one attached hydrogen (secondary N) is 1. The second-order valence-electron chi connectivity index (χ2n) is 6.14. The number of aromatic nitrogens is 2. The van der Waals surface area contributed by atoms with Crippen molar-refractivity contribution in [1.29, 1.82) is 0 Å². The molecule has 0 bridgehead atoms. The number of benzene rings is 3. The number of carbonyl (C=O) groups is 1. The summed E-state index contributed by atoms with van der Waals surface area (Å²) in [5.74, 6) is 0.453. The van der Waals surface area contributed by atoms with E-state index >= 15 is 0 Å². The lowest BCUT2D eigenvalue weighted by molar-refractivity contribution is 0.0938. The summed E-state index contributed by atoms with van der Waals surface area (Å²) >= 11 is 6.01. The van der Waals surface area contributed by atoms with Gasteiger partial charge >= 0.3 is 0 Å². The second kappa shape index (κ2) is 8.06. The second-order valence-corrected chi connectivity index (χ2v) is 6.57. The van der Waals surface area contributed by atoms with E-state index in [1.54, 1.807) is 24.3 Å². The zero-order valence-corrected chi connectivity index (χ0v) is 15.5. The first kappa shape index (κ1) is 17.9. The molecule has 1 atom stereocenters. The summed E-state index contributed by atoms with van der Waals surface area (Å²) in [6.45, 7) is 0. The van der Waals surface area contributed by atoms with Gasteiger partial charge in [0.05, 0.1) is 0 Å². The Bertz CT molecular complexity index is 1060. The van der Waals surface area contributed by atoms with E-state index in [-0.39, 0.29) is 5.91 Å². The molecule has 4 aromatic rings. The van der Waals surface area contributed by atoms with Crippen LogP contribution < -0.4 is 5.32 Å². The fourth-order valence-electron chi connectivity index (χ4n) is 2.80. The normalized spacial score (nSPS) is 11.8. The Morgan fingerprint density at radius 3 is 2.18 bits per heavy atom. The highest BCUT2D eigenvalue weighted by atomic mass is 35.5. The summed E-state index contributed by atoms with van der Waals surface area (Å²) in [7, 11) is 0. The monoisotopic (exact) mass is 389 g/mol. The first-order valence-electron chi connectivity index (χ1n) is 8.71. The van der Waals surface area contributed by atoms with Crippen molar-refractivity contribution >= 4 is 17.5 Å². The van der Waals surface area contributed by atoms with Crippen LogP contribution in [0.2, 0.25) is 5.02 Å². The Labute approximate surface area is 167 Å². The summed E-state index contributed by atoms with van der Waals surface area (Å²) in [6, 6.07) is 25.0. The van der Waals surface area contributed by atoms with Crippen molar-refractivity contribution < 1.29 is 9.21 Å². The van der Waals surface area contributed by atoms with Gasteiger partial charge in [-0.1, -0.05) is 60.1 Å². The molecular weight excluding hydrogens is 374 g/mol. The maximum absolute atomic E-state index is 12.7. The van der Waals surface area contributed by atoms with Gasteiger partial charge in [-0.3, -0.25) is 4.79 Å². The number of hydrogen-bond donors (Lipinski definition) is 1. The van der Waals surface area contributed by atoms with E-state index in [4.69, 9.17) is 16.0 Å². The van der Waals surface area contributed by atoms with Crippen LogP contribution in [0.5, 0.6) is 0 Å². The van der Waals surface area contributed by atoms with Gasteiger partial charge < -0.3 is 9.73 Å². The average Bonchev–Trinajstić information content (AvgIpc) is 3.24. The molecule has 0 radical (unpaired) electrons. The van der Waals surface area contributed by atoms with Gasteiger partial charge in [-0.05, 0) is 42.0 Å². The molecular formula is C22H16ClN3O2. The number of hydrogen-bond acceptors (Lipinski definition) is 4. The Hall–Kier alpha value is -3.44. The van der Waals surface area contributed by atoms with Crippen molar-refractivity contribution in [2.45, 2.75) is 6.04 Å². The highest BCUT2D eigenvalue weighted by molar-refractivity contribution is 6.30. The molecule has 3 aromatic carbocycles. The van der Waals surface area contributed by atoms with Crippen LogP contribution in [0.1, 0.15) is 27.9 Å². The molecule has 6 heteroatoms. The third kappa shape index (κ3) is 3.94. The van der Waals surface area contributed by atoms with Gasteiger partial charge in [-0.15, -0.1) is 10.2 Å². The van der Waals surface area contributed by atoms with Crippen LogP contribution in [0.15, 0.2) is 89.3 Å². The van der Waals surface area contributed by atoms with Crippen molar-refractivity contribution in [3.8, 4) is 11.5 Å². The van der Waals surface area contributed by atoms with E-state index in [0.29, 0.717) is 22.4 Å². The molecule has 1 aromatic heterocycles. The van der Waals surface area contributed by atoms with Crippen LogP contribution >= 0.6 is 11.6 Å². The molecule has 0 saturated carbocycles. The van der Waals surface area contributed by atoms with Crippen molar-refractivity contribution in [3.63, 3.8) is 0 Å². The molecule has 138 valence electrons. The smallest absolute Gasteiger partial charge is 0.252 e. The Morgan fingerprint density at radius 2 is 1.50 bits per heavy atom. The minimum absolute atomic E-state index is 0.236. The average molecular weight is 390 g/mol. The van der Waals surface area contributed by atoms with Gasteiger partial charge in [-0.25, -0.2) is 0 Å². The number of carbonyl (C=O) groups excluding carboxylic acids is 1. The van der Waals surface area contributed by atoms with E-state index in [1.165, 1.54) is 0 Å². The van der Waals surface area contributed by atoms with E-state index < -0.39 is 6.04 Å². The summed E-state index contributed by atoms with van der Waals surface area (Å²) in [6.07, 6.45) is 0. The molecule has 0 aliphatic carbocycles. The minimum Gasteiger partial charge on any atom is -0.418 e. The predicted molar refractivity (Wildman–Crippen MR) is 107 cm³/mol. The summed E-state index contributed by atoms with van der Waals surface area (Å²) in [4.78, 5) is 12.7. The number of nitrogens with zero attached hydrogens (tertiary/aromatic N) is 2. The molecule has 0 spiro atoms. The quantitative estimate of drug-likeness (QED) is 0.526. The largest absolute Gasteiger partial charge is 0.418 e. The van der Waals surface area contributed by atoms with Crippen LogP contribution in [0.4, 0.5) is 0 Å². The lowest BCUT2D eigenvalue weighted by Gasteiger charge is -2.16. The van der Waals surface area contributed by atoms with Gasteiger partial charge in [0.25, 0.3) is 5.91 Å². The van der Waals surface area contributed by atoms with E-state index in [9.17, 15) is 4.79 Å². The van der Waals surface area contributed by atoms with Gasteiger partial charge in [0.15, 0.2) is 0 Å². The molecule has 0 unspecified atom stereocenters. The molecule has 0 fully saturated rings. The van der Waals surface area contributed by atoms with Gasteiger partial charge in [0.1, 0.15) is 6.04 Å². The molecule has 0 saturated heterocycles. The van der Waals surface area contributed by atoms with Crippen molar-refractivity contribution in [1.82, 2.24) is 15.5 Å². The lowest BCUT2D eigenvalue weighted by atomic mass is 10.1. The standard InChI is InChI=1S/C22H16ClN3O2/c23-18-13-11-15(12-14-18)19(24-20(27)16-7-3-1-4-8-16)22-26-25-21(28-22)17-9-5-2-6-10-17/h1-14,19H,(H,24,27)/t19-/m1/s1. The van der Waals surface area contributed by atoms with E-state index in [0.717, 1.165) is 11.1 Å². The zero-order chi connectivity index (χ0) is 19.3. The van der Waals surface area contributed by atoms with Crippen molar-refractivity contribution in [3.05, 3.63) is 107 Å². The van der Waals surface area contributed by atoms with Crippen LogP contribution in [-0.4, -0.2) is 16.1 Å². The molecule has 5 nitrogen and oxygen atoms in total. The minimum atomic E-state index is -0.602. The van der Waals surface area contributed by atoms with Crippen LogP contribution in [0.25, 0.3) is 11.5 Å². The molecule has 0 aliphatic heterocycles. The number of rotatable bonds is 5. The van der Waals surface area contributed by atoms with Crippen LogP contribution in [0.3, 0.4) is 0 Å². The maximum atomic E-state index is 12.7. The first-order valence-corrected chi connectivity index (χ1v) is 9.09. The topological polar surface area (TPSA) is 68.0 Å². The molecule has 1 amide bonds. The van der Waals surface area contributed by atoms with Gasteiger partial charge in [-0.2, -0.15) is 0 Å². The van der Waals surface area contributed by atoms with E-state index in [1.807, 2.05) is 60.7 Å². The highest BCUT2D eigenvalue weighted by Crippen LogP contribution is 2.26. The van der Waals surface area contributed by atoms with Gasteiger partial charge in [0.2, 0.25) is 11.8 Å². The third-order valence-corrected chi connectivity index (χ3v) is 4.48. The highest BCUT2D eigenvalue weighted by Gasteiger charge is 2.24. The van der Waals surface area contributed by atoms with Crippen LogP contribution in [0, 0.1) is 0 Å². The number of amides is 1. The third-order valence-electron chi connectivity index (χ3n) is 4.22. The molecule has 0 aliphatic rings. The van der Waals surface area contributed by atoms with Gasteiger partial charge in [0, 0.05) is 16.1 Å². The molecule has 1 heterocycles. The van der Waals surface area contributed by atoms with E-state index in [2.05, 4.69) is 15.5 Å². The summed E-state index contributed by atoms with van der Waals surface area (Å²) < 4.78 is 5.88. The fraction of sp³-hybridized carbons (Fsp3) is 0.0455. The SMILES string of the molecule is O=C(N[C@H](c1ccc(Cl)cc1)c1nnc(-c2ccccc2)o1)c1ccccc1. The summed E-state index contributed by atoms with van der Waals surface area (Å²) in [5, 5.41) is 11.9. The molecule has 1 N–H and O–H groups in total.